The van der Waals surface area contributed by atoms with E-state index in [-0.39, 0.29) is 5.91 Å². The molecule has 8 rings (SSSR count). The fourth-order valence-corrected chi connectivity index (χ4v) is 7.40. The molecule has 13 heteroatoms. The number of carbonyl (C=O) groups excluding carboxylic acids is 1. The van der Waals surface area contributed by atoms with Gasteiger partial charge in [0.25, 0.3) is 5.91 Å². The number of rotatable bonds is 14. The third kappa shape index (κ3) is 8.69. The van der Waals surface area contributed by atoms with Gasteiger partial charge in [-0.2, -0.15) is 4.98 Å². The second-order valence-electron chi connectivity index (χ2n) is 14.4. The first-order chi connectivity index (χ1) is 28.4. The number of pyridine rings is 1. The number of benzene rings is 3. The lowest BCUT2D eigenvalue weighted by Crippen LogP contribution is -2.37. The lowest BCUT2D eigenvalue weighted by atomic mass is 10.1. The molecule has 5 heterocycles. The van der Waals surface area contributed by atoms with Gasteiger partial charge >= 0.3 is 0 Å². The quantitative estimate of drug-likeness (QED) is 0.132. The van der Waals surface area contributed by atoms with Gasteiger partial charge in [0.2, 0.25) is 11.9 Å². The SMILES string of the molecule is COc1ccc(CN(Cc2ccc(OC)cc2)c2ncc(-c3nc(N4CCOCC4)nc4c3CCN4c3ccc(C(=O)NCCc4cccnc4)cc3C)cn2)cc1. The van der Waals surface area contributed by atoms with Crippen molar-refractivity contribution in [3.63, 3.8) is 0 Å². The van der Waals surface area contributed by atoms with Crippen LogP contribution in [0.2, 0.25) is 0 Å². The maximum absolute atomic E-state index is 13.1. The number of morpholine rings is 1. The molecule has 3 aromatic carbocycles. The second-order valence-corrected chi connectivity index (χ2v) is 14.4. The molecule has 0 bridgehead atoms. The van der Waals surface area contributed by atoms with Crippen LogP contribution in [0, 0.1) is 6.92 Å². The fraction of sp³-hybridized carbons (Fsp3) is 0.289. The molecule has 0 spiro atoms. The van der Waals surface area contributed by atoms with Crippen molar-refractivity contribution >= 4 is 29.3 Å². The molecule has 0 atom stereocenters. The summed E-state index contributed by atoms with van der Waals surface area (Å²) in [4.78, 5) is 44.2. The van der Waals surface area contributed by atoms with Crippen LogP contribution in [0.4, 0.5) is 23.4 Å². The second kappa shape index (κ2) is 17.7. The van der Waals surface area contributed by atoms with Crippen molar-refractivity contribution < 1.29 is 19.0 Å². The van der Waals surface area contributed by atoms with Gasteiger partial charge in [0.15, 0.2) is 0 Å². The molecule has 2 aliphatic rings. The molecule has 1 N–H and O–H groups in total. The van der Waals surface area contributed by atoms with Crippen molar-refractivity contribution in [2.24, 2.45) is 0 Å². The summed E-state index contributed by atoms with van der Waals surface area (Å²) >= 11 is 0. The number of aromatic nitrogens is 5. The van der Waals surface area contributed by atoms with Gasteiger partial charge in [-0.3, -0.25) is 9.78 Å². The van der Waals surface area contributed by atoms with Crippen LogP contribution in [0.25, 0.3) is 11.3 Å². The molecule has 0 saturated carbocycles. The number of carbonyl (C=O) groups is 1. The lowest BCUT2D eigenvalue weighted by molar-refractivity contribution is 0.0954. The molecule has 296 valence electrons. The summed E-state index contributed by atoms with van der Waals surface area (Å²) in [6.07, 6.45) is 8.78. The molecule has 6 aromatic rings. The Labute approximate surface area is 338 Å². The number of methoxy groups -OCH3 is 2. The maximum atomic E-state index is 13.1. The number of ether oxygens (including phenoxy) is 3. The average Bonchev–Trinajstić information content (AvgIpc) is 3.71. The Morgan fingerprint density at radius 1 is 0.828 bits per heavy atom. The molecule has 1 fully saturated rings. The summed E-state index contributed by atoms with van der Waals surface area (Å²) in [5.41, 5.74) is 8.59. The molecule has 3 aromatic heterocycles. The van der Waals surface area contributed by atoms with E-state index in [1.807, 2.05) is 80.1 Å². The van der Waals surface area contributed by atoms with Crippen LogP contribution in [-0.4, -0.2) is 84.4 Å². The largest absolute Gasteiger partial charge is 0.497 e. The Kier molecular flexibility index (Phi) is 11.7. The lowest BCUT2D eigenvalue weighted by Gasteiger charge is -2.29. The van der Waals surface area contributed by atoms with E-state index >= 15 is 0 Å². The van der Waals surface area contributed by atoms with Crippen molar-refractivity contribution in [1.82, 2.24) is 30.2 Å². The van der Waals surface area contributed by atoms with Crippen molar-refractivity contribution in [2.45, 2.75) is 32.9 Å². The van der Waals surface area contributed by atoms with E-state index in [4.69, 9.17) is 34.1 Å². The first kappa shape index (κ1) is 38.3. The van der Waals surface area contributed by atoms with Crippen LogP contribution in [0.1, 0.15) is 38.2 Å². The number of fused-ring (bicyclic) bond motifs is 1. The topological polar surface area (TPSA) is 131 Å². The van der Waals surface area contributed by atoms with Gasteiger partial charge in [-0.25, -0.2) is 15.0 Å². The van der Waals surface area contributed by atoms with Crippen molar-refractivity contribution in [3.05, 3.63) is 137 Å². The van der Waals surface area contributed by atoms with E-state index in [0.717, 1.165) is 75.0 Å². The van der Waals surface area contributed by atoms with E-state index in [1.165, 1.54) is 0 Å². The third-order valence-corrected chi connectivity index (χ3v) is 10.5. The number of nitrogens with one attached hydrogen (secondary N) is 1. The van der Waals surface area contributed by atoms with Gasteiger partial charge in [0, 0.05) is 86.4 Å². The molecule has 13 nitrogen and oxygen atoms in total. The smallest absolute Gasteiger partial charge is 0.251 e. The number of aryl methyl sites for hydroxylation is 1. The minimum atomic E-state index is -0.102. The van der Waals surface area contributed by atoms with Gasteiger partial charge in [-0.1, -0.05) is 30.3 Å². The monoisotopic (exact) mass is 777 g/mol. The molecule has 58 heavy (non-hydrogen) atoms. The number of hydrogen-bond donors (Lipinski definition) is 1. The van der Waals surface area contributed by atoms with Crippen molar-refractivity contribution in [2.75, 3.05) is 68.3 Å². The van der Waals surface area contributed by atoms with E-state index in [0.29, 0.717) is 69.8 Å². The predicted octanol–water partition coefficient (Wildman–Crippen LogP) is 6.36. The van der Waals surface area contributed by atoms with Gasteiger partial charge in [-0.15, -0.1) is 0 Å². The molecule has 1 amide bonds. The summed E-state index contributed by atoms with van der Waals surface area (Å²) in [5.74, 6) is 3.62. The fourth-order valence-electron chi connectivity index (χ4n) is 7.40. The number of anilines is 4. The summed E-state index contributed by atoms with van der Waals surface area (Å²) < 4.78 is 16.5. The predicted molar refractivity (Wildman–Crippen MR) is 224 cm³/mol. The van der Waals surface area contributed by atoms with Gasteiger partial charge in [-0.05, 0) is 90.6 Å². The minimum Gasteiger partial charge on any atom is -0.497 e. The normalized spacial score (nSPS) is 13.6. The molecular weight excluding hydrogens is 731 g/mol. The Balaban J connectivity index is 1.07. The van der Waals surface area contributed by atoms with Crippen LogP contribution in [-0.2, 0) is 30.7 Å². The average molecular weight is 778 g/mol. The minimum absolute atomic E-state index is 0.102. The maximum Gasteiger partial charge on any atom is 0.251 e. The first-order valence-corrected chi connectivity index (χ1v) is 19.6. The Bertz CT molecular complexity index is 2270. The summed E-state index contributed by atoms with van der Waals surface area (Å²) in [6.45, 7) is 7.10. The first-order valence-electron chi connectivity index (χ1n) is 19.6. The number of nitrogens with zero attached hydrogens (tertiary/aromatic N) is 8. The molecule has 0 aliphatic carbocycles. The molecule has 0 unspecified atom stereocenters. The summed E-state index contributed by atoms with van der Waals surface area (Å²) in [6, 6.07) is 25.9. The highest BCUT2D eigenvalue weighted by molar-refractivity contribution is 5.95. The van der Waals surface area contributed by atoms with Crippen molar-refractivity contribution in [3.8, 4) is 22.8 Å². The van der Waals surface area contributed by atoms with Crippen LogP contribution < -0.4 is 29.5 Å². The highest BCUT2D eigenvalue weighted by Gasteiger charge is 2.30. The molecular formula is C45H47N9O4. The summed E-state index contributed by atoms with van der Waals surface area (Å²) in [7, 11) is 3.34. The molecule has 2 aliphatic heterocycles. The van der Waals surface area contributed by atoms with E-state index in [1.54, 1.807) is 20.4 Å². The Morgan fingerprint density at radius 3 is 2.14 bits per heavy atom. The van der Waals surface area contributed by atoms with E-state index in [9.17, 15) is 4.79 Å². The van der Waals surface area contributed by atoms with Crippen molar-refractivity contribution in [1.29, 1.82) is 0 Å². The third-order valence-electron chi connectivity index (χ3n) is 10.5. The van der Waals surface area contributed by atoms with Crippen LogP contribution in [0.5, 0.6) is 11.5 Å². The standard InChI is InChI=1S/C45H47N9O4/c1-31-25-35(43(55)47-19-16-32-5-4-18-46-26-32)10-15-40(31)54-20-17-39-41(50-45(51-42(39)54)52-21-23-58-24-22-52)36-27-48-44(49-28-36)53(29-33-6-11-37(56-2)12-7-33)30-34-8-13-38(57-3)14-9-34/h4-15,18,25-28H,16-17,19-24,29-30H2,1-3H3,(H,47,55). The highest BCUT2D eigenvalue weighted by Crippen LogP contribution is 2.40. The zero-order valence-corrected chi connectivity index (χ0v) is 33.1. The van der Waals surface area contributed by atoms with Gasteiger partial charge in [0.1, 0.15) is 17.3 Å². The zero-order chi connectivity index (χ0) is 39.8. The van der Waals surface area contributed by atoms with Crippen LogP contribution in [0.15, 0.2) is 104 Å². The number of hydrogen-bond acceptors (Lipinski definition) is 12. The zero-order valence-electron chi connectivity index (χ0n) is 33.1. The summed E-state index contributed by atoms with van der Waals surface area (Å²) in [5, 5.41) is 3.05. The number of amides is 1. The van der Waals surface area contributed by atoms with E-state index in [2.05, 4.69) is 49.3 Å². The highest BCUT2D eigenvalue weighted by atomic mass is 16.5. The van der Waals surface area contributed by atoms with Crippen LogP contribution >= 0.6 is 0 Å². The van der Waals surface area contributed by atoms with Gasteiger partial charge in [0.05, 0.1) is 33.1 Å². The Hall–Kier alpha value is -6.60. The van der Waals surface area contributed by atoms with E-state index < -0.39 is 0 Å². The Morgan fingerprint density at radius 2 is 1.52 bits per heavy atom. The van der Waals surface area contributed by atoms with Gasteiger partial charge < -0.3 is 34.2 Å². The van der Waals surface area contributed by atoms with Crippen LogP contribution in [0.3, 0.4) is 0 Å². The molecule has 1 saturated heterocycles. The molecule has 0 radical (unpaired) electrons.